The Balaban J connectivity index is 1.76. The third kappa shape index (κ3) is 7.34. The van der Waals surface area contributed by atoms with Crippen molar-refractivity contribution in [1.82, 2.24) is 5.32 Å². The topological polar surface area (TPSA) is 67.4 Å². The van der Waals surface area contributed by atoms with Gasteiger partial charge < -0.3 is 10.1 Å². The SMILES string of the molecule is CC(NCCCOc1cccc(Cl)c1)c1cccc(NS(C)(=O)=O)c1. The van der Waals surface area contributed by atoms with Crippen molar-refractivity contribution in [2.24, 2.45) is 0 Å². The molecule has 1 atom stereocenters. The number of benzene rings is 2. The summed E-state index contributed by atoms with van der Waals surface area (Å²) in [4.78, 5) is 0. The predicted molar refractivity (Wildman–Crippen MR) is 103 cm³/mol. The highest BCUT2D eigenvalue weighted by Crippen LogP contribution is 2.19. The van der Waals surface area contributed by atoms with Crippen LogP contribution in [0.4, 0.5) is 5.69 Å². The van der Waals surface area contributed by atoms with Crippen LogP contribution in [0, 0.1) is 0 Å². The van der Waals surface area contributed by atoms with Gasteiger partial charge in [0.15, 0.2) is 0 Å². The zero-order valence-corrected chi connectivity index (χ0v) is 15.9. The molecule has 0 aromatic heterocycles. The fraction of sp³-hybridized carbons (Fsp3) is 0.333. The molecule has 0 spiro atoms. The molecule has 0 aliphatic carbocycles. The molecule has 0 saturated carbocycles. The van der Waals surface area contributed by atoms with Crippen LogP contribution in [0.15, 0.2) is 48.5 Å². The standard InChI is InChI=1S/C18H23ClN2O3S/c1-14(15-6-3-8-17(12-15)21-25(2,22)23)20-10-5-11-24-18-9-4-7-16(19)13-18/h3-4,6-9,12-14,20-21H,5,10-11H2,1-2H3. The minimum atomic E-state index is -3.27. The van der Waals surface area contributed by atoms with Gasteiger partial charge in [0.05, 0.1) is 12.9 Å². The van der Waals surface area contributed by atoms with Crippen LogP contribution in [0.5, 0.6) is 5.75 Å². The maximum Gasteiger partial charge on any atom is 0.229 e. The molecule has 2 aromatic carbocycles. The first kappa shape index (κ1) is 19.6. The fourth-order valence-electron chi connectivity index (χ4n) is 2.34. The molecule has 136 valence electrons. The highest BCUT2D eigenvalue weighted by molar-refractivity contribution is 7.92. The van der Waals surface area contributed by atoms with E-state index in [9.17, 15) is 8.42 Å². The summed E-state index contributed by atoms with van der Waals surface area (Å²) in [5.41, 5.74) is 1.59. The Bertz CT molecular complexity index is 796. The third-order valence-electron chi connectivity index (χ3n) is 3.53. The summed E-state index contributed by atoms with van der Waals surface area (Å²) < 4.78 is 30.8. The van der Waals surface area contributed by atoms with Crippen LogP contribution in [0.25, 0.3) is 0 Å². The zero-order chi connectivity index (χ0) is 18.3. The molecule has 0 aliphatic rings. The second-order valence-electron chi connectivity index (χ2n) is 5.83. The molecule has 0 bridgehead atoms. The second-order valence-corrected chi connectivity index (χ2v) is 8.02. The van der Waals surface area contributed by atoms with Gasteiger partial charge in [0.1, 0.15) is 5.75 Å². The monoisotopic (exact) mass is 382 g/mol. The Kier molecular flexibility index (Phi) is 7.11. The Labute approximate surface area is 154 Å². The molecular weight excluding hydrogens is 360 g/mol. The van der Waals surface area contributed by atoms with Gasteiger partial charge in [-0.05, 0) is 55.8 Å². The number of nitrogens with one attached hydrogen (secondary N) is 2. The molecule has 5 nitrogen and oxygen atoms in total. The van der Waals surface area contributed by atoms with Gasteiger partial charge in [-0.2, -0.15) is 0 Å². The molecule has 0 fully saturated rings. The van der Waals surface area contributed by atoms with Gasteiger partial charge in [-0.25, -0.2) is 8.42 Å². The van der Waals surface area contributed by atoms with Gasteiger partial charge in [-0.3, -0.25) is 4.72 Å². The van der Waals surface area contributed by atoms with Crippen molar-refractivity contribution < 1.29 is 13.2 Å². The average molecular weight is 383 g/mol. The molecule has 0 aliphatic heterocycles. The van der Waals surface area contributed by atoms with Gasteiger partial charge >= 0.3 is 0 Å². The van der Waals surface area contributed by atoms with E-state index in [0.717, 1.165) is 30.5 Å². The number of sulfonamides is 1. The summed E-state index contributed by atoms with van der Waals surface area (Å²) >= 11 is 5.91. The smallest absolute Gasteiger partial charge is 0.229 e. The van der Waals surface area contributed by atoms with Crippen LogP contribution in [-0.2, 0) is 10.0 Å². The van der Waals surface area contributed by atoms with E-state index < -0.39 is 10.0 Å². The lowest BCUT2D eigenvalue weighted by atomic mass is 10.1. The van der Waals surface area contributed by atoms with Gasteiger partial charge in [-0.1, -0.05) is 29.8 Å². The van der Waals surface area contributed by atoms with Gasteiger partial charge in [0, 0.05) is 16.8 Å². The largest absolute Gasteiger partial charge is 0.493 e. The van der Waals surface area contributed by atoms with Crippen molar-refractivity contribution in [2.45, 2.75) is 19.4 Å². The first-order valence-electron chi connectivity index (χ1n) is 8.03. The molecule has 1 unspecified atom stereocenters. The maximum absolute atomic E-state index is 11.3. The van der Waals surface area contributed by atoms with Crippen LogP contribution in [0.2, 0.25) is 5.02 Å². The fourth-order valence-corrected chi connectivity index (χ4v) is 3.08. The van der Waals surface area contributed by atoms with E-state index in [1.54, 1.807) is 12.1 Å². The van der Waals surface area contributed by atoms with Crippen molar-refractivity contribution >= 4 is 27.3 Å². The van der Waals surface area contributed by atoms with E-state index in [1.165, 1.54) is 0 Å². The summed E-state index contributed by atoms with van der Waals surface area (Å²) in [6.07, 6.45) is 1.99. The molecule has 25 heavy (non-hydrogen) atoms. The number of anilines is 1. The molecule has 2 N–H and O–H groups in total. The van der Waals surface area contributed by atoms with Crippen LogP contribution in [0.3, 0.4) is 0 Å². The van der Waals surface area contributed by atoms with E-state index in [4.69, 9.17) is 16.3 Å². The number of hydrogen-bond acceptors (Lipinski definition) is 4. The molecule has 2 aromatic rings. The van der Waals surface area contributed by atoms with Crippen molar-refractivity contribution in [3.8, 4) is 5.75 Å². The van der Waals surface area contributed by atoms with Crippen molar-refractivity contribution in [3.05, 3.63) is 59.1 Å². The minimum Gasteiger partial charge on any atom is -0.493 e. The molecular formula is C18H23ClN2O3S. The Hall–Kier alpha value is -1.76. The van der Waals surface area contributed by atoms with Crippen LogP contribution >= 0.6 is 11.6 Å². The van der Waals surface area contributed by atoms with Gasteiger partial charge in [0.2, 0.25) is 10.0 Å². The lowest BCUT2D eigenvalue weighted by Gasteiger charge is -2.16. The highest BCUT2D eigenvalue weighted by Gasteiger charge is 2.07. The predicted octanol–water partition coefficient (Wildman–Crippen LogP) is 3.83. The average Bonchev–Trinajstić information content (AvgIpc) is 2.53. The molecule has 0 heterocycles. The number of halogens is 1. The van der Waals surface area contributed by atoms with Crippen LogP contribution in [0.1, 0.15) is 24.9 Å². The minimum absolute atomic E-state index is 0.104. The summed E-state index contributed by atoms with van der Waals surface area (Å²) in [5.74, 6) is 0.764. The molecule has 0 amide bonds. The number of rotatable bonds is 9. The first-order valence-corrected chi connectivity index (χ1v) is 10.3. The Morgan fingerprint density at radius 3 is 2.64 bits per heavy atom. The first-order chi connectivity index (χ1) is 11.8. The van der Waals surface area contributed by atoms with E-state index in [-0.39, 0.29) is 6.04 Å². The van der Waals surface area contributed by atoms with E-state index in [0.29, 0.717) is 17.3 Å². The van der Waals surface area contributed by atoms with E-state index in [1.807, 2.05) is 43.3 Å². The summed E-state index contributed by atoms with van der Waals surface area (Å²) in [7, 11) is -3.27. The van der Waals surface area contributed by atoms with Gasteiger partial charge in [-0.15, -0.1) is 0 Å². The van der Waals surface area contributed by atoms with E-state index >= 15 is 0 Å². The zero-order valence-electron chi connectivity index (χ0n) is 14.3. The molecule has 7 heteroatoms. The Morgan fingerprint density at radius 2 is 1.92 bits per heavy atom. The highest BCUT2D eigenvalue weighted by atomic mass is 35.5. The van der Waals surface area contributed by atoms with Gasteiger partial charge in [0.25, 0.3) is 0 Å². The van der Waals surface area contributed by atoms with Crippen LogP contribution < -0.4 is 14.8 Å². The quantitative estimate of drug-likeness (QED) is 0.647. The normalized spacial score (nSPS) is 12.6. The van der Waals surface area contributed by atoms with Crippen molar-refractivity contribution in [3.63, 3.8) is 0 Å². The van der Waals surface area contributed by atoms with Crippen molar-refractivity contribution in [1.29, 1.82) is 0 Å². The number of hydrogen-bond donors (Lipinski definition) is 2. The molecule has 0 radical (unpaired) electrons. The third-order valence-corrected chi connectivity index (χ3v) is 4.37. The lowest BCUT2D eigenvalue weighted by molar-refractivity contribution is 0.305. The van der Waals surface area contributed by atoms with Crippen LogP contribution in [-0.4, -0.2) is 27.8 Å². The maximum atomic E-state index is 11.3. The summed E-state index contributed by atoms with van der Waals surface area (Å²) in [6, 6.07) is 14.8. The number of ether oxygens (including phenoxy) is 1. The summed E-state index contributed by atoms with van der Waals surface area (Å²) in [6.45, 7) is 3.42. The molecule has 2 rings (SSSR count). The Morgan fingerprint density at radius 1 is 1.16 bits per heavy atom. The molecule has 0 saturated heterocycles. The summed E-state index contributed by atoms with van der Waals surface area (Å²) in [5, 5.41) is 4.06. The van der Waals surface area contributed by atoms with Crippen molar-refractivity contribution in [2.75, 3.05) is 24.1 Å². The van der Waals surface area contributed by atoms with E-state index in [2.05, 4.69) is 10.0 Å². The lowest BCUT2D eigenvalue weighted by Crippen LogP contribution is -2.21. The second kappa shape index (κ2) is 9.08.